The second kappa shape index (κ2) is 6.83. The smallest absolute Gasteiger partial charge is 0.119 e. The Labute approximate surface area is 115 Å². The van der Waals surface area contributed by atoms with Crippen LogP contribution in [-0.4, -0.2) is 6.61 Å². The maximum absolute atomic E-state index is 5.77. The molecule has 0 bridgehead atoms. The Bertz CT molecular complexity index is 505. The lowest BCUT2D eigenvalue weighted by molar-refractivity contribution is 0.311. The quantitative estimate of drug-likeness (QED) is 0.628. The summed E-state index contributed by atoms with van der Waals surface area (Å²) >= 11 is 0. The third kappa shape index (κ3) is 4.32. The summed E-state index contributed by atoms with van der Waals surface area (Å²) < 4.78 is 5.77. The minimum atomic E-state index is 0.748. The summed E-state index contributed by atoms with van der Waals surface area (Å²) in [4.78, 5) is 0. The number of anilines is 1. The summed E-state index contributed by atoms with van der Waals surface area (Å²) in [7, 11) is 0. The van der Waals surface area contributed by atoms with Crippen molar-refractivity contribution in [3.63, 3.8) is 0 Å². The van der Waals surface area contributed by atoms with Crippen LogP contribution >= 0.6 is 0 Å². The lowest BCUT2D eigenvalue weighted by atomic mass is 10.1. The SMILES string of the molecule is CCc1cccc(OCCCc2ccc(N)cc2)c1. The highest BCUT2D eigenvalue weighted by molar-refractivity contribution is 5.39. The van der Waals surface area contributed by atoms with Crippen LogP contribution in [0.5, 0.6) is 5.75 Å². The van der Waals surface area contributed by atoms with E-state index in [1.807, 2.05) is 24.3 Å². The molecule has 0 aliphatic carbocycles. The van der Waals surface area contributed by atoms with Gasteiger partial charge in [-0.1, -0.05) is 31.2 Å². The molecule has 2 N–H and O–H groups in total. The van der Waals surface area contributed by atoms with Crippen molar-refractivity contribution in [2.45, 2.75) is 26.2 Å². The summed E-state index contributed by atoms with van der Waals surface area (Å²) in [6.07, 6.45) is 3.08. The van der Waals surface area contributed by atoms with Gasteiger partial charge in [0.1, 0.15) is 5.75 Å². The summed E-state index contributed by atoms with van der Waals surface area (Å²) in [6.45, 7) is 2.90. The van der Waals surface area contributed by atoms with E-state index >= 15 is 0 Å². The fourth-order valence-corrected chi connectivity index (χ4v) is 2.01. The average molecular weight is 255 g/mol. The molecule has 0 spiro atoms. The van der Waals surface area contributed by atoms with Crippen LogP contribution in [0.4, 0.5) is 5.69 Å². The van der Waals surface area contributed by atoms with Gasteiger partial charge in [0.25, 0.3) is 0 Å². The molecule has 0 unspecified atom stereocenters. The van der Waals surface area contributed by atoms with E-state index in [0.717, 1.165) is 37.3 Å². The minimum Gasteiger partial charge on any atom is -0.494 e. The number of rotatable bonds is 6. The van der Waals surface area contributed by atoms with Gasteiger partial charge < -0.3 is 10.5 Å². The zero-order chi connectivity index (χ0) is 13.5. The van der Waals surface area contributed by atoms with E-state index in [2.05, 4.69) is 31.2 Å². The highest BCUT2D eigenvalue weighted by Crippen LogP contribution is 2.14. The zero-order valence-corrected chi connectivity index (χ0v) is 11.4. The van der Waals surface area contributed by atoms with Crippen LogP contribution in [-0.2, 0) is 12.8 Å². The van der Waals surface area contributed by atoms with Crippen LogP contribution in [0.2, 0.25) is 0 Å². The van der Waals surface area contributed by atoms with Gasteiger partial charge in [0.15, 0.2) is 0 Å². The van der Waals surface area contributed by atoms with Crippen molar-refractivity contribution in [3.05, 3.63) is 59.7 Å². The molecule has 2 aromatic rings. The van der Waals surface area contributed by atoms with Crippen molar-refractivity contribution in [2.75, 3.05) is 12.3 Å². The van der Waals surface area contributed by atoms with E-state index in [1.165, 1.54) is 11.1 Å². The van der Waals surface area contributed by atoms with Crippen LogP contribution in [0.1, 0.15) is 24.5 Å². The van der Waals surface area contributed by atoms with Gasteiger partial charge in [-0.05, 0) is 54.7 Å². The van der Waals surface area contributed by atoms with E-state index in [-0.39, 0.29) is 0 Å². The van der Waals surface area contributed by atoms with Crippen LogP contribution in [0.3, 0.4) is 0 Å². The summed E-state index contributed by atoms with van der Waals surface area (Å²) in [6, 6.07) is 16.4. The van der Waals surface area contributed by atoms with Crippen molar-refractivity contribution >= 4 is 5.69 Å². The number of hydrogen-bond acceptors (Lipinski definition) is 2. The van der Waals surface area contributed by atoms with E-state index in [1.54, 1.807) is 0 Å². The van der Waals surface area contributed by atoms with Gasteiger partial charge in [0.05, 0.1) is 6.61 Å². The monoisotopic (exact) mass is 255 g/mol. The molecule has 19 heavy (non-hydrogen) atoms. The molecule has 0 aromatic heterocycles. The van der Waals surface area contributed by atoms with Crippen molar-refractivity contribution < 1.29 is 4.74 Å². The molecule has 0 heterocycles. The van der Waals surface area contributed by atoms with Gasteiger partial charge in [-0.15, -0.1) is 0 Å². The van der Waals surface area contributed by atoms with E-state index < -0.39 is 0 Å². The van der Waals surface area contributed by atoms with Crippen molar-refractivity contribution in [1.82, 2.24) is 0 Å². The first-order valence-corrected chi connectivity index (χ1v) is 6.84. The topological polar surface area (TPSA) is 35.2 Å². The Morgan fingerprint density at radius 1 is 1.00 bits per heavy atom. The van der Waals surface area contributed by atoms with E-state index in [4.69, 9.17) is 10.5 Å². The molecule has 0 saturated heterocycles. The summed E-state index contributed by atoms with van der Waals surface area (Å²) in [5, 5.41) is 0. The van der Waals surface area contributed by atoms with Crippen LogP contribution in [0.25, 0.3) is 0 Å². The Balaban J connectivity index is 1.75. The molecule has 0 fully saturated rings. The molecule has 0 atom stereocenters. The lowest BCUT2D eigenvalue weighted by Crippen LogP contribution is -2.00. The van der Waals surface area contributed by atoms with Gasteiger partial charge in [0.2, 0.25) is 0 Å². The molecule has 0 radical (unpaired) electrons. The Morgan fingerprint density at radius 3 is 2.53 bits per heavy atom. The fraction of sp³-hybridized carbons (Fsp3) is 0.294. The summed E-state index contributed by atoms with van der Waals surface area (Å²) in [5.74, 6) is 0.969. The van der Waals surface area contributed by atoms with E-state index in [0.29, 0.717) is 0 Å². The maximum atomic E-state index is 5.77. The normalized spacial score (nSPS) is 10.4. The molecule has 100 valence electrons. The molecule has 2 aromatic carbocycles. The second-order valence-corrected chi connectivity index (χ2v) is 4.69. The highest BCUT2D eigenvalue weighted by atomic mass is 16.5. The first kappa shape index (κ1) is 13.5. The molecule has 2 heteroatoms. The van der Waals surface area contributed by atoms with Crippen molar-refractivity contribution in [1.29, 1.82) is 0 Å². The van der Waals surface area contributed by atoms with Crippen LogP contribution in [0, 0.1) is 0 Å². The first-order chi connectivity index (χ1) is 9.28. The lowest BCUT2D eigenvalue weighted by Gasteiger charge is -2.07. The number of nitrogen functional groups attached to an aromatic ring is 1. The van der Waals surface area contributed by atoms with Crippen molar-refractivity contribution in [2.24, 2.45) is 0 Å². The molecule has 0 amide bonds. The predicted octanol–water partition coefficient (Wildman–Crippen LogP) is 3.84. The predicted molar refractivity (Wildman–Crippen MR) is 80.5 cm³/mol. The fourth-order valence-electron chi connectivity index (χ4n) is 2.01. The molecule has 2 nitrogen and oxygen atoms in total. The zero-order valence-electron chi connectivity index (χ0n) is 11.4. The molecular formula is C17H21NO. The Morgan fingerprint density at radius 2 is 1.79 bits per heavy atom. The Hall–Kier alpha value is -1.96. The third-order valence-corrected chi connectivity index (χ3v) is 3.16. The number of benzene rings is 2. The third-order valence-electron chi connectivity index (χ3n) is 3.16. The molecule has 0 saturated carbocycles. The first-order valence-electron chi connectivity index (χ1n) is 6.84. The van der Waals surface area contributed by atoms with Gasteiger partial charge in [-0.3, -0.25) is 0 Å². The van der Waals surface area contributed by atoms with Crippen LogP contribution in [0.15, 0.2) is 48.5 Å². The number of ether oxygens (including phenoxy) is 1. The highest BCUT2D eigenvalue weighted by Gasteiger charge is 1.97. The van der Waals surface area contributed by atoms with Gasteiger partial charge in [-0.25, -0.2) is 0 Å². The number of aryl methyl sites for hydroxylation is 2. The Kier molecular flexibility index (Phi) is 4.85. The second-order valence-electron chi connectivity index (χ2n) is 4.69. The van der Waals surface area contributed by atoms with Gasteiger partial charge >= 0.3 is 0 Å². The number of nitrogens with two attached hydrogens (primary N) is 1. The number of hydrogen-bond donors (Lipinski definition) is 1. The standard InChI is InChI=1S/C17H21NO/c1-2-14-5-3-7-17(13-14)19-12-4-6-15-8-10-16(18)11-9-15/h3,5,7-11,13H,2,4,6,12,18H2,1H3. The molecule has 0 aliphatic heterocycles. The molecule has 0 aliphatic rings. The van der Waals surface area contributed by atoms with E-state index in [9.17, 15) is 0 Å². The molecule has 2 rings (SSSR count). The molecular weight excluding hydrogens is 234 g/mol. The van der Waals surface area contributed by atoms with Crippen LogP contribution < -0.4 is 10.5 Å². The minimum absolute atomic E-state index is 0.748. The largest absolute Gasteiger partial charge is 0.494 e. The summed E-state index contributed by atoms with van der Waals surface area (Å²) in [5.41, 5.74) is 9.10. The maximum Gasteiger partial charge on any atom is 0.119 e. The van der Waals surface area contributed by atoms with Gasteiger partial charge in [0, 0.05) is 5.69 Å². The van der Waals surface area contributed by atoms with Crippen molar-refractivity contribution in [3.8, 4) is 5.75 Å². The average Bonchev–Trinajstić information content (AvgIpc) is 2.46. The van der Waals surface area contributed by atoms with Gasteiger partial charge in [-0.2, -0.15) is 0 Å².